The molecule has 1 fully saturated rings. The molecule has 4 nitrogen and oxygen atoms in total. The number of hydrogen-bond donors (Lipinski definition) is 0. The van der Waals surface area contributed by atoms with Gasteiger partial charge in [-0.15, -0.1) is 0 Å². The van der Waals surface area contributed by atoms with Crippen LogP contribution in [-0.2, 0) is 4.79 Å². The third kappa shape index (κ3) is 5.03. The van der Waals surface area contributed by atoms with Gasteiger partial charge in [-0.3, -0.25) is 9.69 Å². The van der Waals surface area contributed by atoms with Crippen molar-refractivity contribution in [3.63, 3.8) is 0 Å². The number of carbonyl (C=O) groups excluding carboxylic acids is 1. The highest BCUT2D eigenvalue weighted by atomic mass is 35.5. The second-order valence-corrected chi connectivity index (χ2v) is 8.05. The lowest BCUT2D eigenvalue weighted by Gasteiger charge is -2.11. The molecule has 0 unspecified atom stereocenters. The van der Waals surface area contributed by atoms with Crippen LogP contribution in [0.4, 0.5) is 0 Å². The summed E-state index contributed by atoms with van der Waals surface area (Å²) in [6.07, 6.45) is 1.75. The zero-order valence-corrected chi connectivity index (χ0v) is 17.3. The Kier molecular flexibility index (Phi) is 6.42. The molecule has 27 heavy (non-hydrogen) atoms. The summed E-state index contributed by atoms with van der Waals surface area (Å²) in [6, 6.07) is 13.1. The van der Waals surface area contributed by atoms with Crippen LogP contribution >= 0.6 is 35.6 Å². The molecule has 0 spiro atoms. The predicted molar refractivity (Wildman–Crippen MR) is 115 cm³/mol. The van der Waals surface area contributed by atoms with Crippen molar-refractivity contribution >= 4 is 51.9 Å². The average molecular weight is 420 g/mol. The van der Waals surface area contributed by atoms with E-state index < -0.39 is 0 Å². The van der Waals surface area contributed by atoms with Gasteiger partial charge in [0.2, 0.25) is 0 Å². The maximum Gasteiger partial charge on any atom is 0.265 e. The Labute approximate surface area is 173 Å². The number of aryl methyl sites for hydroxylation is 1. The number of thioether (sulfide) groups is 1. The third-order valence-corrected chi connectivity index (χ3v) is 5.60. The van der Waals surface area contributed by atoms with E-state index in [1.165, 1.54) is 22.2 Å². The van der Waals surface area contributed by atoms with Crippen molar-refractivity contribution < 1.29 is 14.3 Å². The molecule has 1 aliphatic rings. The number of amides is 1. The molecule has 1 saturated heterocycles. The van der Waals surface area contributed by atoms with E-state index in [9.17, 15) is 4.79 Å². The number of thiocarbonyl (C=S) groups is 1. The van der Waals surface area contributed by atoms with Crippen LogP contribution in [0.5, 0.6) is 11.5 Å². The average Bonchev–Trinajstić information content (AvgIpc) is 2.88. The molecule has 0 bridgehead atoms. The Morgan fingerprint density at radius 1 is 1.15 bits per heavy atom. The predicted octanol–water partition coefficient (Wildman–Crippen LogP) is 4.94. The Hall–Kier alpha value is -2.02. The Morgan fingerprint density at radius 3 is 2.52 bits per heavy atom. The van der Waals surface area contributed by atoms with Crippen molar-refractivity contribution in [3.8, 4) is 11.5 Å². The van der Waals surface area contributed by atoms with Crippen LogP contribution in [-0.4, -0.2) is 35.4 Å². The molecule has 0 atom stereocenters. The largest absolute Gasteiger partial charge is 0.490 e. The summed E-state index contributed by atoms with van der Waals surface area (Å²) in [5.41, 5.74) is 1.91. The number of hydrogen-bond acceptors (Lipinski definition) is 5. The van der Waals surface area contributed by atoms with Gasteiger partial charge < -0.3 is 9.47 Å². The van der Waals surface area contributed by atoms with Crippen LogP contribution in [0.2, 0.25) is 5.02 Å². The molecule has 0 aliphatic carbocycles. The molecule has 140 valence electrons. The Morgan fingerprint density at radius 2 is 1.85 bits per heavy atom. The Bertz CT molecular complexity index is 897. The fourth-order valence-corrected chi connectivity index (χ4v) is 3.75. The fraction of sp³-hybridized carbons (Fsp3) is 0.200. The van der Waals surface area contributed by atoms with Gasteiger partial charge in [0.15, 0.2) is 0 Å². The molecular weight excluding hydrogens is 402 g/mol. The summed E-state index contributed by atoms with van der Waals surface area (Å²) < 4.78 is 12.0. The van der Waals surface area contributed by atoms with E-state index >= 15 is 0 Å². The van der Waals surface area contributed by atoms with E-state index in [0.717, 1.165) is 11.3 Å². The van der Waals surface area contributed by atoms with Gasteiger partial charge in [-0.05, 0) is 43.3 Å². The molecule has 1 amide bonds. The first-order valence-corrected chi connectivity index (χ1v) is 9.87. The van der Waals surface area contributed by atoms with Crippen molar-refractivity contribution in [2.75, 3.05) is 20.3 Å². The lowest BCUT2D eigenvalue weighted by Crippen LogP contribution is -2.22. The van der Waals surface area contributed by atoms with Gasteiger partial charge >= 0.3 is 0 Å². The SMILES string of the molecule is Cc1ccc(OCCOc2ccc(Cl)cc2/C=C2\SC(=S)N(C)C2=O)cc1. The fourth-order valence-electron chi connectivity index (χ4n) is 2.40. The second kappa shape index (κ2) is 8.78. The minimum absolute atomic E-state index is 0.126. The molecule has 2 aromatic rings. The molecule has 1 heterocycles. The van der Waals surface area contributed by atoms with E-state index in [4.69, 9.17) is 33.3 Å². The molecule has 0 N–H and O–H groups in total. The van der Waals surface area contributed by atoms with Gasteiger partial charge in [0.25, 0.3) is 5.91 Å². The van der Waals surface area contributed by atoms with Gasteiger partial charge in [-0.1, -0.05) is 53.3 Å². The summed E-state index contributed by atoms with van der Waals surface area (Å²) in [4.78, 5) is 14.2. The summed E-state index contributed by atoms with van der Waals surface area (Å²) in [7, 11) is 1.66. The lowest BCUT2D eigenvalue weighted by atomic mass is 10.2. The molecule has 0 saturated carbocycles. The molecule has 7 heteroatoms. The van der Waals surface area contributed by atoms with Crippen LogP contribution in [0.1, 0.15) is 11.1 Å². The van der Waals surface area contributed by atoms with Crippen LogP contribution in [0, 0.1) is 6.92 Å². The number of benzene rings is 2. The number of nitrogens with zero attached hydrogens (tertiary/aromatic N) is 1. The van der Waals surface area contributed by atoms with Crippen LogP contribution in [0.3, 0.4) is 0 Å². The highest BCUT2D eigenvalue weighted by molar-refractivity contribution is 8.26. The monoisotopic (exact) mass is 419 g/mol. The van der Waals surface area contributed by atoms with E-state index in [1.807, 2.05) is 31.2 Å². The van der Waals surface area contributed by atoms with Crippen LogP contribution in [0.25, 0.3) is 6.08 Å². The van der Waals surface area contributed by atoms with E-state index in [-0.39, 0.29) is 5.91 Å². The maximum atomic E-state index is 12.2. The summed E-state index contributed by atoms with van der Waals surface area (Å²) >= 11 is 12.5. The first kappa shape index (κ1) is 19.7. The number of likely N-dealkylation sites (N-methyl/N-ethyl adjacent to an activating group) is 1. The van der Waals surface area contributed by atoms with Gasteiger partial charge in [0, 0.05) is 17.6 Å². The summed E-state index contributed by atoms with van der Waals surface area (Å²) in [6.45, 7) is 2.80. The highest BCUT2D eigenvalue weighted by Gasteiger charge is 2.28. The zero-order chi connectivity index (χ0) is 19.4. The van der Waals surface area contributed by atoms with Crippen LogP contribution < -0.4 is 9.47 Å². The molecular formula is C20H18ClNO3S2. The minimum atomic E-state index is -0.126. The van der Waals surface area contributed by atoms with Crippen molar-refractivity contribution in [1.82, 2.24) is 4.90 Å². The van der Waals surface area contributed by atoms with Gasteiger partial charge in [-0.2, -0.15) is 0 Å². The number of ether oxygens (including phenoxy) is 2. The minimum Gasteiger partial charge on any atom is -0.490 e. The first-order chi connectivity index (χ1) is 12.9. The molecule has 3 rings (SSSR count). The standard InChI is InChI=1S/C20H18ClNO3S2/c1-13-3-6-16(7-4-13)24-9-10-25-17-8-5-15(21)11-14(17)12-18-19(23)22(2)20(26)27-18/h3-8,11-12H,9-10H2,1-2H3/b18-12-. The number of rotatable bonds is 6. The Balaban J connectivity index is 1.66. The van der Waals surface area contributed by atoms with Crippen molar-refractivity contribution in [2.24, 2.45) is 0 Å². The summed E-state index contributed by atoms with van der Waals surface area (Å²) in [5, 5.41) is 0.566. The number of carbonyl (C=O) groups is 1. The molecule has 0 radical (unpaired) electrons. The van der Waals surface area contributed by atoms with E-state index in [2.05, 4.69) is 0 Å². The third-order valence-electron chi connectivity index (χ3n) is 3.88. The van der Waals surface area contributed by atoms with E-state index in [1.54, 1.807) is 31.3 Å². The smallest absolute Gasteiger partial charge is 0.265 e. The number of halogens is 1. The van der Waals surface area contributed by atoms with Crippen molar-refractivity contribution in [2.45, 2.75) is 6.92 Å². The molecule has 2 aromatic carbocycles. The van der Waals surface area contributed by atoms with Crippen molar-refractivity contribution in [3.05, 3.63) is 63.5 Å². The highest BCUT2D eigenvalue weighted by Crippen LogP contribution is 2.34. The van der Waals surface area contributed by atoms with Crippen molar-refractivity contribution in [1.29, 1.82) is 0 Å². The normalized spacial score (nSPS) is 15.5. The van der Waals surface area contributed by atoms with Gasteiger partial charge in [0.1, 0.15) is 29.0 Å². The van der Waals surface area contributed by atoms with Gasteiger partial charge in [-0.25, -0.2) is 0 Å². The molecule has 1 aliphatic heterocycles. The topological polar surface area (TPSA) is 38.8 Å². The van der Waals surface area contributed by atoms with Gasteiger partial charge in [0.05, 0.1) is 4.91 Å². The summed E-state index contributed by atoms with van der Waals surface area (Å²) in [5.74, 6) is 1.30. The quantitative estimate of drug-likeness (QED) is 0.377. The van der Waals surface area contributed by atoms with E-state index in [0.29, 0.717) is 33.2 Å². The zero-order valence-electron chi connectivity index (χ0n) is 14.9. The second-order valence-electron chi connectivity index (χ2n) is 5.93. The lowest BCUT2D eigenvalue weighted by molar-refractivity contribution is -0.121. The first-order valence-electron chi connectivity index (χ1n) is 8.27. The molecule has 0 aromatic heterocycles. The maximum absolute atomic E-state index is 12.2. The van der Waals surface area contributed by atoms with Crippen LogP contribution in [0.15, 0.2) is 47.4 Å².